The molecule has 0 aliphatic carbocycles. The molecule has 0 radical (unpaired) electrons. The minimum Gasteiger partial charge on any atom is -0.492 e. The molecule has 0 saturated carbocycles. The van der Waals surface area contributed by atoms with Crippen molar-refractivity contribution in [2.75, 3.05) is 6.61 Å². The van der Waals surface area contributed by atoms with Crippen LogP contribution in [-0.4, -0.2) is 6.61 Å². The van der Waals surface area contributed by atoms with Gasteiger partial charge in [-0.05, 0) is 48.4 Å². The predicted molar refractivity (Wildman–Crippen MR) is 78.1 cm³/mol. The number of hydrogen-bond donors (Lipinski definition) is 2. The Morgan fingerprint density at radius 2 is 2.10 bits per heavy atom. The standard InChI is InChI=1S/C15H16ClFN2O/c1-10-5-6-12(17)8-14(10)15(19-18)9-20-13-4-2-3-11(16)7-13/h2-8,15,19H,9,18H2,1H3. The maximum absolute atomic E-state index is 13.3. The number of hydrazine groups is 1. The fraction of sp³-hybridized carbons (Fsp3) is 0.200. The third-order valence-corrected chi connectivity index (χ3v) is 3.27. The van der Waals surface area contributed by atoms with Crippen LogP contribution in [-0.2, 0) is 0 Å². The minimum absolute atomic E-state index is 0.279. The summed E-state index contributed by atoms with van der Waals surface area (Å²) in [6.45, 7) is 2.18. The monoisotopic (exact) mass is 294 g/mol. The average Bonchev–Trinajstić information content (AvgIpc) is 2.43. The van der Waals surface area contributed by atoms with E-state index in [9.17, 15) is 4.39 Å². The number of ether oxygens (including phenoxy) is 1. The first-order chi connectivity index (χ1) is 9.60. The summed E-state index contributed by atoms with van der Waals surface area (Å²) in [6, 6.07) is 11.4. The molecular weight excluding hydrogens is 279 g/mol. The lowest BCUT2D eigenvalue weighted by Crippen LogP contribution is -2.32. The van der Waals surface area contributed by atoms with Crippen molar-refractivity contribution in [3.63, 3.8) is 0 Å². The van der Waals surface area contributed by atoms with Gasteiger partial charge in [-0.3, -0.25) is 5.84 Å². The third kappa shape index (κ3) is 3.70. The van der Waals surface area contributed by atoms with Gasteiger partial charge in [0, 0.05) is 5.02 Å². The third-order valence-electron chi connectivity index (χ3n) is 3.03. The zero-order valence-electron chi connectivity index (χ0n) is 11.1. The van der Waals surface area contributed by atoms with Crippen molar-refractivity contribution >= 4 is 11.6 Å². The van der Waals surface area contributed by atoms with E-state index >= 15 is 0 Å². The van der Waals surface area contributed by atoms with Gasteiger partial charge in [-0.1, -0.05) is 23.7 Å². The van der Waals surface area contributed by atoms with Crippen LogP contribution < -0.4 is 16.0 Å². The van der Waals surface area contributed by atoms with E-state index in [1.807, 2.05) is 6.92 Å². The van der Waals surface area contributed by atoms with Crippen molar-refractivity contribution in [2.24, 2.45) is 5.84 Å². The van der Waals surface area contributed by atoms with Gasteiger partial charge in [0.1, 0.15) is 18.2 Å². The van der Waals surface area contributed by atoms with E-state index in [1.54, 1.807) is 30.3 Å². The second-order valence-corrected chi connectivity index (χ2v) is 4.92. The van der Waals surface area contributed by atoms with Gasteiger partial charge >= 0.3 is 0 Å². The largest absolute Gasteiger partial charge is 0.492 e. The van der Waals surface area contributed by atoms with E-state index in [-0.39, 0.29) is 18.5 Å². The molecule has 20 heavy (non-hydrogen) atoms. The van der Waals surface area contributed by atoms with Crippen LogP contribution in [0.1, 0.15) is 17.2 Å². The quantitative estimate of drug-likeness (QED) is 0.656. The summed E-state index contributed by atoms with van der Waals surface area (Å²) in [5.74, 6) is 5.89. The van der Waals surface area contributed by atoms with E-state index in [0.717, 1.165) is 11.1 Å². The molecule has 0 bridgehead atoms. The van der Waals surface area contributed by atoms with Crippen molar-refractivity contribution in [3.05, 3.63) is 64.4 Å². The maximum Gasteiger partial charge on any atom is 0.123 e. The maximum atomic E-state index is 13.3. The van der Waals surface area contributed by atoms with Crippen LogP contribution in [0.5, 0.6) is 5.75 Å². The lowest BCUT2D eigenvalue weighted by atomic mass is 10.0. The number of rotatable bonds is 5. The molecule has 2 rings (SSSR count). The Morgan fingerprint density at radius 3 is 2.80 bits per heavy atom. The molecular formula is C15H16ClFN2O. The molecule has 2 aromatic carbocycles. The molecule has 0 aromatic heterocycles. The zero-order valence-corrected chi connectivity index (χ0v) is 11.8. The Labute approximate surface area is 122 Å². The highest BCUT2D eigenvalue weighted by atomic mass is 35.5. The van der Waals surface area contributed by atoms with Crippen LogP contribution >= 0.6 is 11.6 Å². The van der Waals surface area contributed by atoms with Crippen LogP contribution in [0.25, 0.3) is 0 Å². The molecule has 1 atom stereocenters. The van der Waals surface area contributed by atoms with Crippen LogP contribution in [0.3, 0.4) is 0 Å². The zero-order chi connectivity index (χ0) is 14.5. The number of halogens is 2. The topological polar surface area (TPSA) is 47.3 Å². The Morgan fingerprint density at radius 1 is 1.30 bits per heavy atom. The summed E-state index contributed by atoms with van der Waals surface area (Å²) in [5, 5.41) is 0.599. The second kappa shape index (κ2) is 6.70. The van der Waals surface area contributed by atoms with Gasteiger partial charge in [-0.25, -0.2) is 9.82 Å². The molecule has 0 amide bonds. The van der Waals surface area contributed by atoms with E-state index < -0.39 is 0 Å². The lowest BCUT2D eigenvalue weighted by molar-refractivity contribution is 0.267. The van der Waals surface area contributed by atoms with Crippen molar-refractivity contribution < 1.29 is 9.13 Å². The van der Waals surface area contributed by atoms with Crippen molar-refractivity contribution in [3.8, 4) is 5.75 Å². The van der Waals surface area contributed by atoms with E-state index in [1.165, 1.54) is 12.1 Å². The molecule has 2 aromatic rings. The molecule has 0 aliphatic heterocycles. The lowest BCUT2D eigenvalue weighted by Gasteiger charge is -2.19. The van der Waals surface area contributed by atoms with E-state index in [0.29, 0.717) is 10.8 Å². The van der Waals surface area contributed by atoms with Gasteiger partial charge in [0.15, 0.2) is 0 Å². The van der Waals surface area contributed by atoms with Gasteiger partial charge in [0.05, 0.1) is 6.04 Å². The SMILES string of the molecule is Cc1ccc(F)cc1C(COc1cccc(Cl)c1)NN. The summed E-state index contributed by atoms with van der Waals surface area (Å²) < 4.78 is 19.0. The van der Waals surface area contributed by atoms with Gasteiger partial charge < -0.3 is 4.74 Å². The highest BCUT2D eigenvalue weighted by Crippen LogP contribution is 2.22. The fourth-order valence-electron chi connectivity index (χ4n) is 1.95. The molecule has 5 heteroatoms. The molecule has 1 unspecified atom stereocenters. The Kier molecular flexibility index (Phi) is 4.95. The molecule has 0 aliphatic rings. The number of nitrogens with two attached hydrogens (primary N) is 1. The second-order valence-electron chi connectivity index (χ2n) is 4.49. The first-order valence-electron chi connectivity index (χ1n) is 6.20. The average molecular weight is 295 g/mol. The summed E-state index contributed by atoms with van der Waals surface area (Å²) in [4.78, 5) is 0. The van der Waals surface area contributed by atoms with E-state index in [4.69, 9.17) is 22.2 Å². The van der Waals surface area contributed by atoms with Gasteiger partial charge in [-0.2, -0.15) is 0 Å². The molecule has 0 fully saturated rings. The molecule has 3 N–H and O–H groups in total. The molecule has 3 nitrogen and oxygen atoms in total. The van der Waals surface area contributed by atoms with E-state index in [2.05, 4.69) is 5.43 Å². The highest BCUT2D eigenvalue weighted by Gasteiger charge is 2.14. The Hall–Kier alpha value is -1.62. The number of benzene rings is 2. The van der Waals surface area contributed by atoms with Crippen LogP contribution in [0.15, 0.2) is 42.5 Å². The first-order valence-corrected chi connectivity index (χ1v) is 6.58. The minimum atomic E-state index is -0.301. The van der Waals surface area contributed by atoms with Crippen molar-refractivity contribution in [2.45, 2.75) is 13.0 Å². The fourth-order valence-corrected chi connectivity index (χ4v) is 2.13. The number of aryl methyl sites for hydroxylation is 1. The highest BCUT2D eigenvalue weighted by molar-refractivity contribution is 6.30. The van der Waals surface area contributed by atoms with Crippen molar-refractivity contribution in [1.29, 1.82) is 0 Å². The summed E-state index contributed by atoms with van der Waals surface area (Å²) in [7, 11) is 0. The Bertz CT molecular complexity index is 592. The normalized spacial score (nSPS) is 12.2. The summed E-state index contributed by atoms with van der Waals surface area (Å²) >= 11 is 5.89. The summed E-state index contributed by atoms with van der Waals surface area (Å²) in [6.07, 6.45) is 0. The smallest absolute Gasteiger partial charge is 0.123 e. The first kappa shape index (κ1) is 14.8. The summed E-state index contributed by atoms with van der Waals surface area (Å²) in [5.41, 5.74) is 4.37. The molecule has 0 spiro atoms. The predicted octanol–water partition coefficient (Wildman–Crippen LogP) is 3.37. The van der Waals surface area contributed by atoms with Crippen molar-refractivity contribution in [1.82, 2.24) is 5.43 Å². The molecule has 0 saturated heterocycles. The number of hydrogen-bond acceptors (Lipinski definition) is 3. The van der Waals surface area contributed by atoms with Crippen LogP contribution in [0.4, 0.5) is 4.39 Å². The Balaban J connectivity index is 2.11. The molecule has 0 heterocycles. The number of nitrogens with one attached hydrogen (secondary N) is 1. The van der Waals surface area contributed by atoms with Gasteiger partial charge in [0.2, 0.25) is 0 Å². The van der Waals surface area contributed by atoms with Gasteiger partial charge in [0.25, 0.3) is 0 Å². The van der Waals surface area contributed by atoms with Gasteiger partial charge in [-0.15, -0.1) is 0 Å². The van der Waals surface area contributed by atoms with Crippen LogP contribution in [0, 0.1) is 12.7 Å². The molecule has 106 valence electrons. The van der Waals surface area contributed by atoms with Crippen LogP contribution in [0.2, 0.25) is 5.02 Å².